The molecule has 1 rings (SSSR count). The zero-order valence-electron chi connectivity index (χ0n) is 11.5. The van der Waals surface area contributed by atoms with E-state index in [-0.39, 0.29) is 11.9 Å². The number of hydrogen-bond donors (Lipinski definition) is 2. The van der Waals surface area contributed by atoms with Gasteiger partial charge in [-0.05, 0) is 54.6 Å². The molecular weight excluding hydrogens is 244 g/mol. The third-order valence-electron chi connectivity index (χ3n) is 2.86. The van der Waals surface area contributed by atoms with Gasteiger partial charge in [0.15, 0.2) is 0 Å². The molecule has 0 radical (unpaired) electrons. The first-order valence-corrected chi connectivity index (χ1v) is 7.56. The van der Waals surface area contributed by atoms with Gasteiger partial charge in [0.05, 0.1) is 6.04 Å². The van der Waals surface area contributed by atoms with Crippen LogP contribution in [0.3, 0.4) is 0 Å². The Kier molecular flexibility index (Phi) is 6.98. The number of rotatable bonds is 8. The Bertz CT molecular complexity index is 336. The molecule has 0 aromatic carbocycles. The minimum Gasteiger partial charge on any atom is -0.355 e. The van der Waals surface area contributed by atoms with Gasteiger partial charge in [0.2, 0.25) is 5.91 Å². The Balaban J connectivity index is 2.11. The Labute approximate surface area is 114 Å². The molecule has 1 amide bonds. The summed E-state index contributed by atoms with van der Waals surface area (Å²) >= 11 is 1.71. The van der Waals surface area contributed by atoms with E-state index < -0.39 is 0 Å². The fraction of sp³-hybridized carbons (Fsp3) is 0.643. The van der Waals surface area contributed by atoms with Gasteiger partial charge in [-0.15, -0.1) is 0 Å². The van der Waals surface area contributed by atoms with Crippen LogP contribution in [0.2, 0.25) is 0 Å². The lowest BCUT2D eigenvalue weighted by atomic mass is 10.1. The molecule has 0 fully saturated rings. The number of hydrogen-bond acceptors (Lipinski definition) is 3. The Hall–Kier alpha value is -0.870. The molecule has 0 saturated carbocycles. The first kappa shape index (κ1) is 15.2. The maximum Gasteiger partial charge on any atom is 0.236 e. The molecule has 2 N–H and O–H groups in total. The van der Waals surface area contributed by atoms with Crippen LogP contribution in [0.4, 0.5) is 0 Å². The van der Waals surface area contributed by atoms with Crippen molar-refractivity contribution < 1.29 is 4.79 Å². The average Bonchev–Trinajstić information content (AvgIpc) is 2.81. The number of thiophene rings is 1. The van der Waals surface area contributed by atoms with Crippen LogP contribution in [0.25, 0.3) is 0 Å². The quantitative estimate of drug-likeness (QED) is 0.760. The van der Waals surface area contributed by atoms with Gasteiger partial charge in [0, 0.05) is 6.54 Å². The molecule has 1 atom stereocenters. The SMILES string of the molecule is CC(C)CCNC(=O)C(C)NCCc1ccsc1. The van der Waals surface area contributed by atoms with Gasteiger partial charge in [0.1, 0.15) is 0 Å². The van der Waals surface area contributed by atoms with Crippen molar-refractivity contribution in [1.29, 1.82) is 0 Å². The maximum atomic E-state index is 11.7. The van der Waals surface area contributed by atoms with Crippen LogP contribution in [0, 0.1) is 5.92 Å². The molecule has 18 heavy (non-hydrogen) atoms. The van der Waals surface area contributed by atoms with Crippen LogP contribution in [-0.4, -0.2) is 25.0 Å². The summed E-state index contributed by atoms with van der Waals surface area (Å²) in [5, 5.41) is 10.4. The molecule has 0 aliphatic carbocycles. The number of carbonyl (C=O) groups excluding carboxylic acids is 1. The normalized spacial score (nSPS) is 12.7. The predicted molar refractivity (Wildman–Crippen MR) is 78.0 cm³/mol. The topological polar surface area (TPSA) is 41.1 Å². The highest BCUT2D eigenvalue weighted by atomic mass is 32.1. The molecule has 1 heterocycles. The summed E-state index contributed by atoms with van der Waals surface area (Å²) in [6.07, 6.45) is 2.01. The van der Waals surface area contributed by atoms with E-state index in [1.165, 1.54) is 5.56 Å². The van der Waals surface area contributed by atoms with Crippen LogP contribution in [0.15, 0.2) is 16.8 Å². The van der Waals surface area contributed by atoms with Crippen molar-refractivity contribution in [2.24, 2.45) is 5.92 Å². The largest absolute Gasteiger partial charge is 0.355 e. The van der Waals surface area contributed by atoms with Crippen molar-refractivity contribution in [3.63, 3.8) is 0 Å². The molecule has 0 aliphatic rings. The zero-order chi connectivity index (χ0) is 13.4. The number of carbonyl (C=O) groups is 1. The minimum absolute atomic E-state index is 0.0981. The highest BCUT2D eigenvalue weighted by molar-refractivity contribution is 7.07. The fourth-order valence-corrected chi connectivity index (χ4v) is 2.30. The van der Waals surface area contributed by atoms with E-state index in [9.17, 15) is 4.79 Å². The Morgan fingerprint density at radius 3 is 2.72 bits per heavy atom. The van der Waals surface area contributed by atoms with E-state index in [1.54, 1.807) is 11.3 Å². The standard InChI is InChI=1S/C14H24N2OS/c1-11(2)4-7-16-14(17)12(3)15-8-5-13-6-9-18-10-13/h6,9-12,15H,4-5,7-8H2,1-3H3,(H,16,17). The van der Waals surface area contributed by atoms with Crippen molar-refractivity contribution >= 4 is 17.2 Å². The van der Waals surface area contributed by atoms with E-state index in [0.717, 1.165) is 25.9 Å². The molecule has 102 valence electrons. The van der Waals surface area contributed by atoms with Gasteiger partial charge >= 0.3 is 0 Å². The average molecular weight is 268 g/mol. The third kappa shape index (κ3) is 6.17. The Morgan fingerprint density at radius 1 is 1.33 bits per heavy atom. The maximum absolute atomic E-state index is 11.7. The van der Waals surface area contributed by atoms with Crippen molar-refractivity contribution in [2.45, 2.75) is 39.7 Å². The van der Waals surface area contributed by atoms with Crippen LogP contribution >= 0.6 is 11.3 Å². The summed E-state index contributed by atoms with van der Waals surface area (Å²) in [5.41, 5.74) is 1.33. The first-order chi connectivity index (χ1) is 8.59. The second kappa shape index (κ2) is 8.27. The van der Waals surface area contributed by atoms with Crippen molar-refractivity contribution in [3.05, 3.63) is 22.4 Å². The minimum atomic E-state index is -0.115. The zero-order valence-corrected chi connectivity index (χ0v) is 12.3. The van der Waals surface area contributed by atoms with Gasteiger partial charge < -0.3 is 10.6 Å². The van der Waals surface area contributed by atoms with Crippen LogP contribution in [0.1, 0.15) is 32.8 Å². The molecule has 3 nitrogen and oxygen atoms in total. The van der Waals surface area contributed by atoms with E-state index in [1.807, 2.05) is 6.92 Å². The third-order valence-corrected chi connectivity index (χ3v) is 3.59. The van der Waals surface area contributed by atoms with Crippen LogP contribution in [0.5, 0.6) is 0 Å². The smallest absolute Gasteiger partial charge is 0.236 e. The molecule has 0 spiro atoms. The van der Waals surface area contributed by atoms with Gasteiger partial charge in [0.25, 0.3) is 0 Å². The molecule has 0 bridgehead atoms. The van der Waals surface area contributed by atoms with Crippen molar-refractivity contribution in [3.8, 4) is 0 Å². The predicted octanol–water partition coefficient (Wildman–Crippen LogP) is 2.43. The van der Waals surface area contributed by atoms with Crippen molar-refractivity contribution in [1.82, 2.24) is 10.6 Å². The molecule has 4 heteroatoms. The lowest BCUT2D eigenvalue weighted by Gasteiger charge is -2.14. The first-order valence-electron chi connectivity index (χ1n) is 6.61. The summed E-state index contributed by atoms with van der Waals surface area (Å²) in [4.78, 5) is 11.7. The summed E-state index contributed by atoms with van der Waals surface area (Å²) in [5.74, 6) is 0.730. The monoisotopic (exact) mass is 268 g/mol. The van der Waals surface area contributed by atoms with Gasteiger partial charge in [-0.25, -0.2) is 0 Å². The second-order valence-corrected chi connectivity index (χ2v) is 5.81. The summed E-state index contributed by atoms with van der Waals surface area (Å²) < 4.78 is 0. The lowest BCUT2D eigenvalue weighted by molar-refractivity contribution is -0.122. The number of nitrogens with one attached hydrogen (secondary N) is 2. The molecular formula is C14H24N2OS. The second-order valence-electron chi connectivity index (χ2n) is 5.03. The summed E-state index contributed by atoms with van der Waals surface area (Å²) in [6.45, 7) is 7.85. The summed E-state index contributed by atoms with van der Waals surface area (Å²) in [6, 6.07) is 2.01. The van der Waals surface area contributed by atoms with Crippen LogP contribution in [-0.2, 0) is 11.2 Å². The molecule has 0 aliphatic heterocycles. The highest BCUT2D eigenvalue weighted by Gasteiger charge is 2.11. The molecule has 1 unspecified atom stereocenters. The van der Waals surface area contributed by atoms with E-state index in [4.69, 9.17) is 0 Å². The van der Waals surface area contributed by atoms with Crippen LogP contribution < -0.4 is 10.6 Å². The Morgan fingerprint density at radius 2 is 2.11 bits per heavy atom. The van der Waals surface area contributed by atoms with Crippen molar-refractivity contribution in [2.75, 3.05) is 13.1 Å². The van der Waals surface area contributed by atoms with Gasteiger partial charge in [-0.3, -0.25) is 4.79 Å². The molecule has 1 aromatic heterocycles. The molecule has 0 saturated heterocycles. The van der Waals surface area contributed by atoms with E-state index in [2.05, 4.69) is 41.3 Å². The van der Waals surface area contributed by atoms with E-state index >= 15 is 0 Å². The van der Waals surface area contributed by atoms with Gasteiger partial charge in [-0.2, -0.15) is 11.3 Å². The highest BCUT2D eigenvalue weighted by Crippen LogP contribution is 2.05. The molecule has 1 aromatic rings. The lowest BCUT2D eigenvalue weighted by Crippen LogP contribution is -2.43. The van der Waals surface area contributed by atoms with E-state index in [0.29, 0.717) is 5.92 Å². The summed E-state index contributed by atoms with van der Waals surface area (Å²) in [7, 11) is 0. The number of amides is 1. The van der Waals surface area contributed by atoms with Gasteiger partial charge in [-0.1, -0.05) is 13.8 Å². The fourth-order valence-electron chi connectivity index (χ4n) is 1.60.